The molecule has 17 heavy (non-hydrogen) atoms. The van der Waals surface area contributed by atoms with Gasteiger partial charge in [-0.25, -0.2) is 9.97 Å². The largest absolute Gasteiger partial charge is 0.316 e. The summed E-state index contributed by atoms with van der Waals surface area (Å²) in [5.41, 5.74) is 0. The van der Waals surface area contributed by atoms with Crippen LogP contribution < -0.4 is 5.32 Å². The Morgan fingerprint density at radius 1 is 1.53 bits per heavy atom. The van der Waals surface area contributed by atoms with Crippen molar-refractivity contribution in [2.24, 2.45) is 5.92 Å². The Kier molecular flexibility index (Phi) is 5.41. The number of halogens is 1. The van der Waals surface area contributed by atoms with E-state index in [2.05, 4.69) is 15.3 Å². The van der Waals surface area contributed by atoms with E-state index in [0.717, 1.165) is 34.9 Å². The molecule has 0 saturated carbocycles. The normalized spacial score (nSPS) is 20.5. The molecule has 3 nitrogen and oxygen atoms in total. The van der Waals surface area contributed by atoms with Gasteiger partial charge in [0.2, 0.25) is 0 Å². The Morgan fingerprint density at radius 2 is 2.41 bits per heavy atom. The second kappa shape index (κ2) is 6.83. The van der Waals surface area contributed by atoms with Crippen molar-refractivity contribution in [3.05, 3.63) is 11.2 Å². The number of nitrogens with one attached hydrogen (secondary N) is 1. The number of hydrogen-bond acceptors (Lipinski definition) is 5. The number of hydrogen-bond donors (Lipinski definition) is 1. The first-order chi connectivity index (χ1) is 8.28. The van der Waals surface area contributed by atoms with Gasteiger partial charge in [-0.3, -0.25) is 0 Å². The average molecular weight is 290 g/mol. The Hall–Kier alpha value is 0.0300. The lowest BCUT2D eigenvalue weighted by atomic mass is 10.0. The molecule has 1 saturated heterocycles. The fraction of sp³-hybridized carbons (Fsp3) is 0.636. The minimum Gasteiger partial charge on any atom is -0.316 e. The third-order valence-corrected chi connectivity index (χ3v) is 4.58. The maximum absolute atomic E-state index is 5.96. The van der Waals surface area contributed by atoms with Gasteiger partial charge in [0, 0.05) is 11.8 Å². The van der Waals surface area contributed by atoms with E-state index in [1.807, 2.05) is 12.3 Å². The van der Waals surface area contributed by atoms with Crippen LogP contribution in [0, 0.1) is 5.92 Å². The first-order valence-electron chi connectivity index (χ1n) is 5.70. The van der Waals surface area contributed by atoms with Crippen LogP contribution >= 0.6 is 35.1 Å². The van der Waals surface area contributed by atoms with Crippen LogP contribution in [0.5, 0.6) is 0 Å². The summed E-state index contributed by atoms with van der Waals surface area (Å²) in [6, 6.07) is 1.85. The molecule has 1 aliphatic heterocycles. The summed E-state index contributed by atoms with van der Waals surface area (Å²) < 4.78 is 0. The van der Waals surface area contributed by atoms with Crippen molar-refractivity contribution in [1.29, 1.82) is 0 Å². The average Bonchev–Trinajstić information content (AvgIpc) is 2.37. The van der Waals surface area contributed by atoms with Gasteiger partial charge >= 0.3 is 0 Å². The summed E-state index contributed by atoms with van der Waals surface area (Å²) in [6.07, 6.45) is 4.56. The zero-order chi connectivity index (χ0) is 12.1. The highest BCUT2D eigenvalue weighted by Gasteiger charge is 2.14. The van der Waals surface area contributed by atoms with Crippen molar-refractivity contribution in [2.75, 3.05) is 25.1 Å². The molecule has 1 aromatic heterocycles. The van der Waals surface area contributed by atoms with Crippen molar-refractivity contribution in [1.82, 2.24) is 15.3 Å². The molecule has 94 valence electrons. The van der Waals surface area contributed by atoms with Gasteiger partial charge in [-0.1, -0.05) is 23.4 Å². The smallest absolute Gasteiger partial charge is 0.189 e. The lowest BCUT2D eigenvalue weighted by Crippen LogP contribution is -2.30. The Bertz CT molecular complexity index is 370. The van der Waals surface area contributed by atoms with Crippen molar-refractivity contribution < 1.29 is 0 Å². The molecule has 2 heterocycles. The van der Waals surface area contributed by atoms with Crippen LogP contribution in [0.15, 0.2) is 16.2 Å². The molecular weight excluding hydrogens is 274 g/mol. The molecule has 1 unspecified atom stereocenters. The van der Waals surface area contributed by atoms with Gasteiger partial charge in [0.25, 0.3) is 0 Å². The van der Waals surface area contributed by atoms with E-state index < -0.39 is 0 Å². The molecule has 0 bridgehead atoms. The third kappa shape index (κ3) is 4.32. The van der Waals surface area contributed by atoms with Crippen LogP contribution in [0.3, 0.4) is 0 Å². The first-order valence-corrected chi connectivity index (χ1v) is 8.29. The van der Waals surface area contributed by atoms with Crippen LogP contribution in [0.1, 0.15) is 12.8 Å². The number of rotatable bonds is 4. The minimum atomic E-state index is 0.536. The predicted molar refractivity (Wildman–Crippen MR) is 75.1 cm³/mol. The zero-order valence-electron chi connectivity index (χ0n) is 9.78. The molecular formula is C11H16ClN3S2. The molecule has 0 spiro atoms. The fourth-order valence-corrected chi connectivity index (χ4v) is 3.58. The summed E-state index contributed by atoms with van der Waals surface area (Å²) in [5, 5.41) is 5.70. The van der Waals surface area contributed by atoms with Gasteiger partial charge in [0.15, 0.2) is 5.16 Å². The van der Waals surface area contributed by atoms with Gasteiger partial charge in [0.1, 0.15) is 10.2 Å². The molecule has 1 atom stereocenters. The highest BCUT2D eigenvalue weighted by Crippen LogP contribution is 2.25. The third-order valence-electron chi connectivity index (χ3n) is 2.70. The van der Waals surface area contributed by atoms with E-state index in [9.17, 15) is 0 Å². The zero-order valence-corrected chi connectivity index (χ0v) is 12.2. The maximum atomic E-state index is 5.96. The van der Waals surface area contributed by atoms with Gasteiger partial charge in [0.05, 0.1) is 0 Å². The number of thioether (sulfide) groups is 2. The second-order valence-corrected chi connectivity index (χ2v) is 6.24. The lowest BCUT2D eigenvalue weighted by molar-refractivity contribution is 0.410. The van der Waals surface area contributed by atoms with Crippen molar-refractivity contribution >= 4 is 35.1 Å². The topological polar surface area (TPSA) is 37.8 Å². The molecule has 6 heteroatoms. The summed E-state index contributed by atoms with van der Waals surface area (Å²) in [5.74, 6) is 1.86. The summed E-state index contributed by atoms with van der Waals surface area (Å²) in [6.45, 7) is 2.29. The molecule has 0 aliphatic carbocycles. The van der Waals surface area contributed by atoms with Crippen molar-refractivity contribution in [3.63, 3.8) is 0 Å². The van der Waals surface area contributed by atoms with Gasteiger partial charge in [-0.15, -0.1) is 11.8 Å². The highest BCUT2D eigenvalue weighted by molar-refractivity contribution is 7.99. The maximum Gasteiger partial charge on any atom is 0.189 e. The molecule has 1 N–H and O–H groups in total. The monoisotopic (exact) mass is 289 g/mol. The number of piperidine rings is 1. The highest BCUT2D eigenvalue weighted by atomic mass is 35.5. The van der Waals surface area contributed by atoms with Crippen LogP contribution in [0.25, 0.3) is 0 Å². The van der Waals surface area contributed by atoms with E-state index >= 15 is 0 Å². The molecule has 2 rings (SSSR count). The van der Waals surface area contributed by atoms with Crippen LogP contribution in [0.2, 0.25) is 5.15 Å². The Labute approximate surface area is 116 Å². The van der Waals surface area contributed by atoms with Gasteiger partial charge in [-0.05, 0) is 38.1 Å². The lowest BCUT2D eigenvalue weighted by Gasteiger charge is -2.21. The van der Waals surface area contributed by atoms with E-state index in [-0.39, 0.29) is 0 Å². The van der Waals surface area contributed by atoms with Crippen molar-refractivity contribution in [3.8, 4) is 0 Å². The standard InChI is InChI=1S/C11H16ClN3S2/c1-16-11-14-9(12)5-10(15-11)17-7-8-3-2-4-13-6-8/h5,8,13H,2-4,6-7H2,1H3. The van der Waals surface area contributed by atoms with Crippen molar-refractivity contribution in [2.45, 2.75) is 23.0 Å². The van der Waals surface area contributed by atoms with Crippen LogP contribution in [0.4, 0.5) is 0 Å². The quantitative estimate of drug-likeness (QED) is 0.524. The SMILES string of the molecule is CSc1nc(Cl)cc(SCC2CCCNC2)n1. The predicted octanol–water partition coefficient (Wildman–Crippen LogP) is 2.94. The molecule has 0 radical (unpaired) electrons. The van der Waals surface area contributed by atoms with Crippen LogP contribution in [-0.4, -0.2) is 35.1 Å². The fourth-order valence-electron chi connectivity index (χ4n) is 1.81. The summed E-state index contributed by atoms with van der Waals surface area (Å²) in [7, 11) is 0. The molecule has 1 aromatic rings. The van der Waals surface area contributed by atoms with E-state index in [0.29, 0.717) is 5.15 Å². The van der Waals surface area contributed by atoms with Crippen LogP contribution in [-0.2, 0) is 0 Å². The molecule has 1 aliphatic rings. The molecule has 1 fully saturated rings. The Balaban J connectivity index is 1.91. The summed E-state index contributed by atoms with van der Waals surface area (Å²) >= 11 is 9.27. The molecule has 0 amide bonds. The first kappa shape index (κ1) is 13.5. The minimum absolute atomic E-state index is 0.536. The Morgan fingerprint density at radius 3 is 3.12 bits per heavy atom. The summed E-state index contributed by atoms with van der Waals surface area (Å²) in [4.78, 5) is 8.59. The van der Waals surface area contributed by atoms with Gasteiger partial charge in [-0.2, -0.15) is 0 Å². The van der Waals surface area contributed by atoms with Gasteiger partial charge < -0.3 is 5.32 Å². The molecule has 0 aromatic carbocycles. The second-order valence-electron chi connectivity index (χ2n) is 4.04. The van der Waals surface area contributed by atoms with E-state index in [1.54, 1.807) is 11.8 Å². The van der Waals surface area contributed by atoms with E-state index in [1.165, 1.54) is 24.6 Å². The van der Waals surface area contributed by atoms with E-state index in [4.69, 9.17) is 11.6 Å². The number of nitrogens with zero attached hydrogens (tertiary/aromatic N) is 2. The number of aromatic nitrogens is 2.